The van der Waals surface area contributed by atoms with E-state index in [1.54, 1.807) is 6.20 Å². The number of nitrogens with zero attached hydrogens (tertiary/aromatic N) is 2. The van der Waals surface area contributed by atoms with Crippen LogP contribution < -0.4 is 0 Å². The van der Waals surface area contributed by atoms with Gasteiger partial charge < -0.3 is 0 Å². The number of aromatic nitrogens is 2. The van der Waals surface area contributed by atoms with Gasteiger partial charge in [-0.1, -0.05) is 12.2 Å². The maximum absolute atomic E-state index is 3.80. The molecule has 0 fully saturated rings. The van der Waals surface area contributed by atoms with Crippen molar-refractivity contribution in [2.75, 3.05) is 0 Å². The molecule has 3 nitrogen and oxygen atoms in total. The Morgan fingerprint density at radius 1 is 1.80 bits per heavy atom. The van der Waals surface area contributed by atoms with Crippen molar-refractivity contribution < 1.29 is 0 Å². The number of hydrogen-bond donors (Lipinski definition) is 1. The highest BCUT2D eigenvalue weighted by Crippen LogP contribution is 2.14. The third-order valence-electron chi connectivity index (χ3n) is 1.15. The summed E-state index contributed by atoms with van der Waals surface area (Å²) in [6, 6.07) is 0. The van der Waals surface area contributed by atoms with Gasteiger partial charge in [0, 0.05) is 5.56 Å². The smallest absolute Gasteiger partial charge is 0.154 e. The second-order valence-electron chi connectivity index (χ2n) is 1.83. The van der Waals surface area contributed by atoms with Gasteiger partial charge in [0.1, 0.15) is 0 Å². The van der Waals surface area contributed by atoms with Gasteiger partial charge in [0.25, 0.3) is 0 Å². The van der Waals surface area contributed by atoms with E-state index in [0.29, 0.717) is 0 Å². The zero-order valence-corrected chi connectivity index (χ0v) is 5.83. The summed E-state index contributed by atoms with van der Waals surface area (Å²) >= 11 is 0. The Bertz CT molecular complexity index is 247. The number of H-pyrrole nitrogens is 1. The standard InChI is InChI=1S/C7H9N3/c1-3-4-6-5-9-10-7(6)8-2/h3-5H,2H2,1H3,(H,9,10)/b4-3-. The van der Waals surface area contributed by atoms with E-state index in [1.807, 2.05) is 19.1 Å². The minimum Gasteiger partial charge on any atom is -0.261 e. The van der Waals surface area contributed by atoms with Gasteiger partial charge in [0.05, 0.1) is 6.20 Å². The van der Waals surface area contributed by atoms with Crippen LogP contribution in [0, 0.1) is 0 Å². The van der Waals surface area contributed by atoms with E-state index < -0.39 is 0 Å². The van der Waals surface area contributed by atoms with Crippen molar-refractivity contribution in [1.82, 2.24) is 10.2 Å². The van der Waals surface area contributed by atoms with Crippen LogP contribution in [0.15, 0.2) is 17.3 Å². The first-order valence-electron chi connectivity index (χ1n) is 3.01. The Balaban J connectivity index is 3.00. The molecule has 0 aliphatic rings. The van der Waals surface area contributed by atoms with E-state index in [4.69, 9.17) is 0 Å². The highest BCUT2D eigenvalue weighted by Gasteiger charge is 1.95. The normalized spacial score (nSPS) is 10.5. The minimum absolute atomic E-state index is 0.720. The van der Waals surface area contributed by atoms with Crippen LogP contribution >= 0.6 is 0 Å². The number of allylic oxidation sites excluding steroid dienone is 1. The number of aromatic amines is 1. The molecule has 0 aliphatic heterocycles. The Morgan fingerprint density at radius 2 is 2.60 bits per heavy atom. The number of nitrogens with one attached hydrogen (secondary N) is 1. The maximum Gasteiger partial charge on any atom is 0.154 e. The van der Waals surface area contributed by atoms with Crippen LogP contribution in [0.25, 0.3) is 6.08 Å². The molecule has 0 aromatic carbocycles. The Hall–Kier alpha value is -1.38. The van der Waals surface area contributed by atoms with Crippen molar-refractivity contribution in [1.29, 1.82) is 0 Å². The molecule has 0 unspecified atom stereocenters. The first-order valence-corrected chi connectivity index (χ1v) is 3.01. The molecular formula is C7H9N3. The van der Waals surface area contributed by atoms with Crippen LogP contribution in [0.3, 0.4) is 0 Å². The van der Waals surface area contributed by atoms with Gasteiger partial charge in [0.2, 0.25) is 0 Å². The zero-order valence-electron chi connectivity index (χ0n) is 5.83. The summed E-state index contributed by atoms with van der Waals surface area (Å²) < 4.78 is 0. The van der Waals surface area contributed by atoms with Crippen LogP contribution in [0.2, 0.25) is 0 Å². The quantitative estimate of drug-likeness (QED) is 0.617. The lowest BCUT2D eigenvalue weighted by atomic mass is 10.3. The zero-order chi connectivity index (χ0) is 7.40. The molecule has 0 spiro atoms. The predicted molar refractivity (Wildman–Crippen MR) is 42.5 cm³/mol. The Kier molecular flexibility index (Phi) is 1.99. The van der Waals surface area contributed by atoms with Crippen LogP contribution in [-0.2, 0) is 0 Å². The molecule has 0 atom stereocenters. The molecule has 1 rings (SSSR count). The molecule has 10 heavy (non-hydrogen) atoms. The topological polar surface area (TPSA) is 41.0 Å². The van der Waals surface area contributed by atoms with E-state index in [0.717, 1.165) is 11.4 Å². The van der Waals surface area contributed by atoms with E-state index in [2.05, 4.69) is 21.9 Å². The average molecular weight is 135 g/mol. The lowest BCUT2D eigenvalue weighted by molar-refractivity contribution is 1.08. The van der Waals surface area contributed by atoms with E-state index in [1.165, 1.54) is 0 Å². The molecule has 52 valence electrons. The van der Waals surface area contributed by atoms with Crippen molar-refractivity contribution in [3.8, 4) is 0 Å². The van der Waals surface area contributed by atoms with Crippen LogP contribution in [0.1, 0.15) is 12.5 Å². The number of aliphatic imine (C=N–C) groups is 1. The molecule has 0 saturated carbocycles. The van der Waals surface area contributed by atoms with Crippen molar-refractivity contribution in [3.63, 3.8) is 0 Å². The summed E-state index contributed by atoms with van der Waals surface area (Å²) in [5.41, 5.74) is 0.970. The van der Waals surface area contributed by atoms with E-state index in [-0.39, 0.29) is 0 Å². The monoisotopic (exact) mass is 135 g/mol. The minimum atomic E-state index is 0.720. The first kappa shape index (κ1) is 6.74. The molecule has 0 radical (unpaired) electrons. The molecule has 1 heterocycles. The number of rotatable bonds is 2. The van der Waals surface area contributed by atoms with E-state index >= 15 is 0 Å². The molecule has 1 N–H and O–H groups in total. The van der Waals surface area contributed by atoms with Gasteiger partial charge in [0.15, 0.2) is 5.82 Å². The van der Waals surface area contributed by atoms with E-state index in [9.17, 15) is 0 Å². The van der Waals surface area contributed by atoms with Gasteiger partial charge in [-0.2, -0.15) is 5.10 Å². The van der Waals surface area contributed by atoms with Crippen LogP contribution in [0.4, 0.5) is 5.82 Å². The fraction of sp³-hybridized carbons (Fsp3) is 0.143. The molecule has 3 heteroatoms. The fourth-order valence-corrected chi connectivity index (χ4v) is 0.717. The van der Waals surface area contributed by atoms with Crippen molar-refractivity contribution >= 4 is 18.6 Å². The molecule has 0 saturated heterocycles. The summed E-state index contributed by atoms with van der Waals surface area (Å²) in [5, 5.41) is 6.51. The summed E-state index contributed by atoms with van der Waals surface area (Å²) in [7, 11) is 0. The molecule has 0 aliphatic carbocycles. The van der Waals surface area contributed by atoms with Gasteiger partial charge in [-0.15, -0.1) is 0 Å². The molecule has 0 amide bonds. The molecular weight excluding hydrogens is 126 g/mol. The lowest BCUT2D eigenvalue weighted by Gasteiger charge is -1.85. The van der Waals surface area contributed by atoms with Crippen LogP contribution in [-0.4, -0.2) is 16.9 Å². The Labute approximate surface area is 59.5 Å². The van der Waals surface area contributed by atoms with Crippen molar-refractivity contribution in [3.05, 3.63) is 17.8 Å². The van der Waals surface area contributed by atoms with Crippen LogP contribution in [0.5, 0.6) is 0 Å². The van der Waals surface area contributed by atoms with Crippen molar-refractivity contribution in [2.24, 2.45) is 4.99 Å². The third kappa shape index (κ3) is 1.13. The molecule has 1 aromatic heterocycles. The van der Waals surface area contributed by atoms with Crippen molar-refractivity contribution in [2.45, 2.75) is 6.92 Å². The Morgan fingerprint density at radius 3 is 3.20 bits per heavy atom. The molecule has 1 aromatic rings. The highest BCUT2D eigenvalue weighted by atomic mass is 15.2. The summed E-state index contributed by atoms with van der Waals surface area (Å²) in [6.07, 6.45) is 5.57. The summed E-state index contributed by atoms with van der Waals surface area (Å²) in [5.74, 6) is 0.720. The average Bonchev–Trinajstić information content (AvgIpc) is 2.36. The molecule has 0 bridgehead atoms. The fourth-order valence-electron chi connectivity index (χ4n) is 0.717. The third-order valence-corrected chi connectivity index (χ3v) is 1.15. The number of hydrogen-bond acceptors (Lipinski definition) is 2. The second kappa shape index (κ2) is 2.96. The SMILES string of the molecule is C=Nc1[nH]ncc1/C=C\C. The predicted octanol–water partition coefficient (Wildman–Crippen LogP) is 1.77. The van der Waals surface area contributed by atoms with Gasteiger partial charge >= 0.3 is 0 Å². The second-order valence-corrected chi connectivity index (χ2v) is 1.83. The largest absolute Gasteiger partial charge is 0.261 e. The first-order chi connectivity index (χ1) is 4.88. The summed E-state index contributed by atoms with van der Waals surface area (Å²) in [4.78, 5) is 3.73. The van der Waals surface area contributed by atoms with Gasteiger partial charge in [-0.3, -0.25) is 5.10 Å². The van der Waals surface area contributed by atoms with Gasteiger partial charge in [-0.05, 0) is 13.6 Å². The maximum atomic E-state index is 3.80. The lowest BCUT2D eigenvalue weighted by Crippen LogP contribution is -1.65. The highest BCUT2D eigenvalue weighted by molar-refractivity contribution is 5.61. The summed E-state index contributed by atoms with van der Waals surface area (Å²) in [6.45, 7) is 5.34. The van der Waals surface area contributed by atoms with Gasteiger partial charge in [-0.25, -0.2) is 4.99 Å².